The molecule has 3 heteroatoms. The van der Waals surface area contributed by atoms with Crippen LogP contribution in [0.15, 0.2) is 54.6 Å². The Morgan fingerprint density at radius 2 is 1.83 bits per heavy atom. The third kappa shape index (κ3) is 3.11. The lowest BCUT2D eigenvalue weighted by molar-refractivity contribution is 0.0940. The van der Waals surface area contributed by atoms with Crippen molar-refractivity contribution in [1.29, 1.82) is 0 Å². The van der Waals surface area contributed by atoms with Crippen LogP contribution in [0.25, 0.3) is 0 Å². The average molecular weight is 260 g/mol. The summed E-state index contributed by atoms with van der Waals surface area (Å²) in [5, 5.41) is 3.62. The van der Waals surface area contributed by atoms with Crippen LogP contribution in [0.4, 0.5) is 0 Å². The number of hydrogen-bond acceptors (Lipinski definition) is 1. The van der Waals surface area contributed by atoms with Crippen molar-refractivity contribution in [2.75, 3.05) is 0 Å². The molecule has 1 unspecified atom stereocenters. The highest BCUT2D eigenvalue weighted by Gasteiger charge is 2.10. The number of benzene rings is 2. The largest absolute Gasteiger partial charge is 0.346 e. The van der Waals surface area contributed by atoms with E-state index in [0.29, 0.717) is 10.6 Å². The number of nitrogens with one attached hydrogen (secondary N) is 1. The van der Waals surface area contributed by atoms with E-state index in [1.807, 2.05) is 49.4 Å². The lowest BCUT2D eigenvalue weighted by atomic mass is 10.1. The molecule has 0 aliphatic carbocycles. The third-order valence-electron chi connectivity index (χ3n) is 2.73. The molecule has 1 amide bonds. The maximum atomic E-state index is 12.0. The first-order valence-electron chi connectivity index (χ1n) is 5.78. The van der Waals surface area contributed by atoms with Crippen molar-refractivity contribution in [3.05, 3.63) is 70.7 Å². The summed E-state index contributed by atoms with van der Waals surface area (Å²) in [5.74, 6) is -0.0805. The van der Waals surface area contributed by atoms with Crippen molar-refractivity contribution < 1.29 is 4.79 Å². The number of carbonyl (C=O) groups is 1. The van der Waals surface area contributed by atoms with Crippen molar-refractivity contribution in [2.45, 2.75) is 13.0 Å². The smallest absolute Gasteiger partial charge is 0.251 e. The molecule has 18 heavy (non-hydrogen) atoms. The molecule has 0 saturated heterocycles. The van der Waals surface area contributed by atoms with E-state index >= 15 is 0 Å². The third-order valence-corrected chi connectivity index (χ3v) is 2.97. The maximum Gasteiger partial charge on any atom is 0.251 e. The fourth-order valence-electron chi connectivity index (χ4n) is 1.73. The molecule has 2 nitrogen and oxygen atoms in total. The Balaban J connectivity index is 2.08. The van der Waals surface area contributed by atoms with Gasteiger partial charge in [-0.1, -0.05) is 41.9 Å². The molecular formula is C15H14ClNO. The van der Waals surface area contributed by atoms with Gasteiger partial charge in [0.1, 0.15) is 0 Å². The van der Waals surface area contributed by atoms with Gasteiger partial charge in [-0.2, -0.15) is 0 Å². The molecule has 0 saturated carbocycles. The zero-order valence-corrected chi connectivity index (χ0v) is 10.8. The molecule has 0 radical (unpaired) electrons. The molecule has 2 aromatic rings. The number of rotatable bonds is 3. The van der Waals surface area contributed by atoms with Crippen molar-refractivity contribution in [3.63, 3.8) is 0 Å². The van der Waals surface area contributed by atoms with E-state index in [9.17, 15) is 4.79 Å². The average Bonchev–Trinajstić information content (AvgIpc) is 2.39. The van der Waals surface area contributed by atoms with Crippen LogP contribution in [0.5, 0.6) is 0 Å². The van der Waals surface area contributed by atoms with Crippen LogP contribution in [0.2, 0.25) is 5.02 Å². The SMILES string of the molecule is CC(NC(=O)c1ccccc1)c1cccc(Cl)c1. The molecule has 0 heterocycles. The quantitative estimate of drug-likeness (QED) is 0.892. The van der Waals surface area contributed by atoms with E-state index < -0.39 is 0 Å². The van der Waals surface area contributed by atoms with Crippen LogP contribution in [0.3, 0.4) is 0 Å². The van der Waals surface area contributed by atoms with Crippen LogP contribution < -0.4 is 5.32 Å². The van der Waals surface area contributed by atoms with Gasteiger partial charge in [0.05, 0.1) is 6.04 Å². The molecule has 2 rings (SSSR count). The van der Waals surface area contributed by atoms with Crippen LogP contribution >= 0.6 is 11.6 Å². The predicted molar refractivity (Wildman–Crippen MR) is 73.8 cm³/mol. The minimum Gasteiger partial charge on any atom is -0.346 e. The summed E-state index contributed by atoms with van der Waals surface area (Å²) in [4.78, 5) is 12.0. The molecule has 0 aliphatic rings. The number of carbonyl (C=O) groups excluding carboxylic acids is 1. The summed E-state index contributed by atoms with van der Waals surface area (Å²) < 4.78 is 0. The van der Waals surface area contributed by atoms with E-state index in [1.54, 1.807) is 12.1 Å². The zero-order chi connectivity index (χ0) is 13.0. The lowest BCUT2D eigenvalue weighted by Gasteiger charge is -2.14. The first-order chi connectivity index (χ1) is 8.66. The van der Waals surface area contributed by atoms with Gasteiger partial charge in [0.15, 0.2) is 0 Å². The van der Waals surface area contributed by atoms with Gasteiger partial charge in [-0.15, -0.1) is 0 Å². The second-order valence-corrected chi connectivity index (χ2v) is 4.55. The van der Waals surface area contributed by atoms with E-state index in [2.05, 4.69) is 5.32 Å². The summed E-state index contributed by atoms with van der Waals surface area (Å²) in [6.07, 6.45) is 0. The van der Waals surface area contributed by atoms with Crippen molar-refractivity contribution in [3.8, 4) is 0 Å². The highest BCUT2D eigenvalue weighted by molar-refractivity contribution is 6.30. The van der Waals surface area contributed by atoms with Crippen LogP contribution in [0.1, 0.15) is 28.9 Å². The summed E-state index contributed by atoms with van der Waals surface area (Å²) >= 11 is 5.93. The number of hydrogen-bond donors (Lipinski definition) is 1. The fourth-order valence-corrected chi connectivity index (χ4v) is 1.93. The lowest BCUT2D eigenvalue weighted by Crippen LogP contribution is -2.26. The Bertz CT molecular complexity index is 539. The van der Waals surface area contributed by atoms with Gasteiger partial charge >= 0.3 is 0 Å². The molecule has 0 aromatic heterocycles. The van der Waals surface area contributed by atoms with Gasteiger partial charge in [-0.05, 0) is 36.8 Å². The molecule has 1 atom stereocenters. The van der Waals surface area contributed by atoms with E-state index in [1.165, 1.54) is 0 Å². The van der Waals surface area contributed by atoms with Crippen LogP contribution in [0, 0.1) is 0 Å². The molecule has 2 aromatic carbocycles. The zero-order valence-electron chi connectivity index (χ0n) is 10.1. The molecule has 0 fully saturated rings. The minimum atomic E-state index is -0.0805. The highest BCUT2D eigenvalue weighted by Crippen LogP contribution is 2.17. The first kappa shape index (κ1) is 12.7. The van der Waals surface area contributed by atoms with Crippen molar-refractivity contribution in [2.24, 2.45) is 0 Å². The molecule has 0 aliphatic heterocycles. The Hall–Kier alpha value is -1.80. The summed E-state index contributed by atoms with van der Waals surface area (Å²) in [5.41, 5.74) is 1.65. The summed E-state index contributed by atoms with van der Waals surface area (Å²) in [7, 11) is 0. The highest BCUT2D eigenvalue weighted by atomic mass is 35.5. The Labute approximate surface area is 112 Å². The van der Waals surface area contributed by atoms with Gasteiger partial charge in [-0.25, -0.2) is 0 Å². The Kier molecular flexibility index (Phi) is 4.00. The van der Waals surface area contributed by atoms with Gasteiger partial charge in [0.25, 0.3) is 5.91 Å². The van der Waals surface area contributed by atoms with Crippen LogP contribution in [-0.4, -0.2) is 5.91 Å². The molecule has 1 N–H and O–H groups in total. The van der Waals surface area contributed by atoms with Gasteiger partial charge in [0.2, 0.25) is 0 Å². The van der Waals surface area contributed by atoms with Gasteiger partial charge in [-0.3, -0.25) is 4.79 Å². The van der Waals surface area contributed by atoms with Crippen molar-refractivity contribution >= 4 is 17.5 Å². The summed E-state index contributed by atoms with van der Waals surface area (Å²) in [6.45, 7) is 1.94. The van der Waals surface area contributed by atoms with Crippen LogP contribution in [-0.2, 0) is 0 Å². The minimum absolute atomic E-state index is 0.0728. The first-order valence-corrected chi connectivity index (χ1v) is 6.16. The second kappa shape index (κ2) is 5.69. The number of amides is 1. The molecule has 0 spiro atoms. The second-order valence-electron chi connectivity index (χ2n) is 4.12. The van der Waals surface area contributed by atoms with E-state index in [4.69, 9.17) is 11.6 Å². The molecule has 0 bridgehead atoms. The summed E-state index contributed by atoms with van der Waals surface area (Å²) in [6, 6.07) is 16.6. The van der Waals surface area contributed by atoms with Gasteiger partial charge in [0, 0.05) is 10.6 Å². The normalized spacial score (nSPS) is 11.9. The van der Waals surface area contributed by atoms with Gasteiger partial charge < -0.3 is 5.32 Å². The molecular weight excluding hydrogens is 246 g/mol. The topological polar surface area (TPSA) is 29.1 Å². The predicted octanol–water partition coefficient (Wildman–Crippen LogP) is 3.83. The maximum absolute atomic E-state index is 12.0. The van der Waals surface area contributed by atoms with Crippen molar-refractivity contribution in [1.82, 2.24) is 5.32 Å². The Morgan fingerprint density at radius 1 is 1.11 bits per heavy atom. The monoisotopic (exact) mass is 259 g/mol. The number of halogens is 1. The standard InChI is InChI=1S/C15H14ClNO/c1-11(13-8-5-9-14(16)10-13)17-15(18)12-6-3-2-4-7-12/h2-11H,1H3,(H,17,18). The van der Waals surface area contributed by atoms with E-state index in [0.717, 1.165) is 5.56 Å². The van der Waals surface area contributed by atoms with E-state index in [-0.39, 0.29) is 11.9 Å². The molecule has 92 valence electrons. The fraction of sp³-hybridized carbons (Fsp3) is 0.133. The Morgan fingerprint density at radius 3 is 2.50 bits per heavy atom.